The van der Waals surface area contributed by atoms with Crippen LogP contribution in [0.5, 0.6) is 0 Å². The third-order valence-corrected chi connectivity index (χ3v) is 3.80. The number of fused-ring (bicyclic) bond motifs is 1. The Labute approximate surface area is 135 Å². The Balaban J connectivity index is 1.79. The molecule has 1 aromatic heterocycles. The zero-order chi connectivity index (χ0) is 16.9. The zero-order valence-electron chi connectivity index (χ0n) is 12.3. The number of carbonyl (C=O) groups is 1. The van der Waals surface area contributed by atoms with E-state index in [4.69, 9.17) is 0 Å². The average Bonchev–Trinajstić information content (AvgIpc) is 2.49. The van der Waals surface area contributed by atoms with Gasteiger partial charge in [-0.05, 0) is 24.6 Å². The number of benzene rings is 1. The molecule has 1 heterocycles. The van der Waals surface area contributed by atoms with Gasteiger partial charge in [-0.15, -0.1) is 11.8 Å². The van der Waals surface area contributed by atoms with E-state index in [1.807, 2.05) is 37.3 Å². The molecule has 0 spiro atoms. The van der Waals surface area contributed by atoms with Crippen LogP contribution in [0.2, 0.25) is 0 Å². The Bertz CT molecular complexity index is 692. The molecule has 0 saturated heterocycles. The van der Waals surface area contributed by atoms with Gasteiger partial charge in [-0.25, -0.2) is 9.78 Å². The number of ether oxygens (including phenoxy) is 1. The summed E-state index contributed by atoms with van der Waals surface area (Å²) in [7, 11) is 0. The van der Waals surface area contributed by atoms with E-state index in [9.17, 15) is 18.0 Å². The average molecular weight is 344 g/mol. The smallest absolute Gasteiger partial charge is 0.422 e. The van der Waals surface area contributed by atoms with E-state index in [1.165, 1.54) is 11.8 Å². The maximum absolute atomic E-state index is 11.9. The molecule has 1 amide bonds. The number of thioether (sulfide) groups is 1. The van der Waals surface area contributed by atoms with Crippen LogP contribution < -0.4 is 5.32 Å². The highest BCUT2D eigenvalue weighted by atomic mass is 32.2. The molecule has 4 nitrogen and oxygen atoms in total. The molecule has 2 aromatic rings. The largest absolute Gasteiger partial charge is 0.440 e. The molecule has 23 heavy (non-hydrogen) atoms. The fraction of sp³-hybridized carbons (Fsp3) is 0.333. The van der Waals surface area contributed by atoms with E-state index in [0.717, 1.165) is 21.5 Å². The fourth-order valence-electron chi connectivity index (χ4n) is 1.90. The Kier molecular flexibility index (Phi) is 5.70. The standard InChI is InChI=1S/C15H15F3N2O2S/c1-10-8-13(20-12-5-3-2-4-11(10)12)23-7-6-19-14(21)22-9-15(16,17)18/h2-5,8H,6-7,9H2,1H3,(H,19,21). The number of alkyl carbamates (subject to hydrolysis) is 1. The van der Waals surface area contributed by atoms with Crippen LogP contribution in [0, 0.1) is 6.92 Å². The summed E-state index contributed by atoms with van der Waals surface area (Å²) in [5, 5.41) is 4.14. The third kappa shape index (κ3) is 5.63. The molecule has 1 N–H and O–H groups in total. The lowest BCUT2D eigenvalue weighted by molar-refractivity contribution is -0.160. The topological polar surface area (TPSA) is 51.2 Å². The minimum absolute atomic E-state index is 0.189. The van der Waals surface area contributed by atoms with Crippen molar-refractivity contribution in [3.8, 4) is 0 Å². The van der Waals surface area contributed by atoms with Crippen LogP contribution >= 0.6 is 11.8 Å². The van der Waals surface area contributed by atoms with Crippen molar-refractivity contribution < 1.29 is 22.7 Å². The van der Waals surface area contributed by atoms with E-state index in [-0.39, 0.29) is 6.54 Å². The quantitative estimate of drug-likeness (QED) is 0.660. The first-order chi connectivity index (χ1) is 10.8. The van der Waals surface area contributed by atoms with Gasteiger partial charge in [-0.2, -0.15) is 13.2 Å². The number of hydrogen-bond donors (Lipinski definition) is 1. The first-order valence-corrected chi connectivity index (χ1v) is 7.80. The van der Waals surface area contributed by atoms with Gasteiger partial charge in [-0.1, -0.05) is 18.2 Å². The van der Waals surface area contributed by atoms with E-state index < -0.39 is 18.9 Å². The van der Waals surface area contributed by atoms with Crippen LogP contribution in [0.15, 0.2) is 35.4 Å². The minimum Gasteiger partial charge on any atom is -0.440 e. The highest BCUT2D eigenvalue weighted by Crippen LogP contribution is 2.23. The highest BCUT2D eigenvalue weighted by Gasteiger charge is 2.29. The summed E-state index contributed by atoms with van der Waals surface area (Å²) in [6.07, 6.45) is -5.59. The van der Waals surface area contributed by atoms with E-state index >= 15 is 0 Å². The predicted molar refractivity (Wildman–Crippen MR) is 82.6 cm³/mol. The Morgan fingerprint density at radius 2 is 2.09 bits per heavy atom. The van der Waals surface area contributed by atoms with Crippen LogP contribution in [0.25, 0.3) is 10.9 Å². The predicted octanol–water partition coefficient (Wildman–Crippen LogP) is 3.92. The molecular formula is C15H15F3N2O2S. The molecule has 124 valence electrons. The number of nitrogens with one attached hydrogen (secondary N) is 1. The molecular weight excluding hydrogens is 329 g/mol. The lowest BCUT2D eigenvalue weighted by Crippen LogP contribution is -2.30. The first-order valence-electron chi connectivity index (χ1n) is 6.82. The number of rotatable bonds is 5. The first kappa shape index (κ1) is 17.4. The van der Waals surface area contributed by atoms with Crippen LogP contribution in [0.3, 0.4) is 0 Å². The monoisotopic (exact) mass is 344 g/mol. The van der Waals surface area contributed by atoms with Crippen molar-refractivity contribution in [1.82, 2.24) is 10.3 Å². The summed E-state index contributed by atoms with van der Waals surface area (Å²) in [4.78, 5) is 15.6. The molecule has 2 rings (SSSR count). The number of aryl methyl sites for hydroxylation is 1. The number of halogens is 3. The van der Waals surface area contributed by atoms with Crippen molar-refractivity contribution in [2.24, 2.45) is 0 Å². The summed E-state index contributed by atoms with van der Waals surface area (Å²) < 4.78 is 39.7. The van der Waals surface area contributed by atoms with Gasteiger partial charge in [0, 0.05) is 17.7 Å². The summed E-state index contributed by atoms with van der Waals surface area (Å²) in [6, 6.07) is 9.69. The maximum atomic E-state index is 11.9. The van der Waals surface area contributed by atoms with Crippen molar-refractivity contribution >= 4 is 28.8 Å². The number of nitrogens with zero attached hydrogens (tertiary/aromatic N) is 1. The molecule has 0 unspecified atom stereocenters. The van der Waals surface area contributed by atoms with E-state index in [2.05, 4.69) is 15.0 Å². The van der Waals surface area contributed by atoms with Gasteiger partial charge >= 0.3 is 12.3 Å². The second kappa shape index (κ2) is 7.54. The van der Waals surface area contributed by atoms with Gasteiger partial charge < -0.3 is 10.1 Å². The second-order valence-corrected chi connectivity index (χ2v) is 5.88. The summed E-state index contributed by atoms with van der Waals surface area (Å²) in [6.45, 7) is 0.590. The Morgan fingerprint density at radius 1 is 1.35 bits per heavy atom. The fourth-order valence-corrected chi connectivity index (χ4v) is 2.74. The molecule has 0 aliphatic carbocycles. The van der Waals surface area contributed by atoms with Crippen molar-refractivity contribution in [2.75, 3.05) is 18.9 Å². The summed E-state index contributed by atoms with van der Waals surface area (Å²) in [5.74, 6) is 0.478. The van der Waals surface area contributed by atoms with Gasteiger partial charge in [0.2, 0.25) is 0 Å². The van der Waals surface area contributed by atoms with Crippen LogP contribution in [0.1, 0.15) is 5.56 Å². The summed E-state index contributed by atoms with van der Waals surface area (Å²) in [5.41, 5.74) is 1.98. The normalized spacial score (nSPS) is 11.5. The molecule has 0 bridgehead atoms. The highest BCUT2D eigenvalue weighted by molar-refractivity contribution is 7.99. The number of aromatic nitrogens is 1. The lowest BCUT2D eigenvalue weighted by atomic mass is 10.1. The lowest BCUT2D eigenvalue weighted by Gasteiger charge is -2.09. The molecule has 0 radical (unpaired) electrons. The number of alkyl halides is 3. The number of pyridine rings is 1. The summed E-state index contributed by atoms with van der Waals surface area (Å²) >= 11 is 1.41. The Hall–Kier alpha value is -1.96. The maximum Gasteiger partial charge on any atom is 0.422 e. The second-order valence-electron chi connectivity index (χ2n) is 4.76. The van der Waals surface area contributed by atoms with Crippen molar-refractivity contribution in [2.45, 2.75) is 18.1 Å². The number of carbonyl (C=O) groups excluding carboxylic acids is 1. The minimum atomic E-state index is -4.52. The Morgan fingerprint density at radius 3 is 2.83 bits per heavy atom. The molecule has 0 aliphatic heterocycles. The van der Waals surface area contributed by atoms with Crippen molar-refractivity contribution in [3.63, 3.8) is 0 Å². The number of hydrogen-bond acceptors (Lipinski definition) is 4. The number of amides is 1. The van der Waals surface area contributed by atoms with Crippen molar-refractivity contribution in [1.29, 1.82) is 0 Å². The molecule has 0 atom stereocenters. The van der Waals surface area contributed by atoms with Gasteiger partial charge in [-0.3, -0.25) is 0 Å². The van der Waals surface area contributed by atoms with Gasteiger partial charge in [0.1, 0.15) is 0 Å². The van der Waals surface area contributed by atoms with Crippen molar-refractivity contribution in [3.05, 3.63) is 35.9 Å². The van der Waals surface area contributed by atoms with Gasteiger partial charge in [0.15, 0.2) is 6.61 Å². The number of para-hydroxylation sites is 1. The zero-order valence-corrected chi connectivity index (χ0v) is 13.1. The molecule has 0 saturated carbocycles. The SMILES string of the molecule is Cc1cc(SCCNC(=O)OCC(F)(F)F)nc2ccccc12. The molecule has 0 fully saturated rings. The van der Waals surface area contributed by atoms with Gasteiger partial charge in [0.05, 0.1) is 10.5 Å². The third-order valence-electron chi connectivity index (χ3n) is 2.89. The molecule has 0 aliphatic rings. The van der Waals surface area contributed by atoms with Gasteiger partial charge in [0.25, 0.3) is 0 Å². The van der Waals surface area contributed by atoms with Crippen LogP contribution in [-0.2, 0) is 4.74 Å². The van der Waals surface area contributed by atoms with Crippen LogP contribution in [-0.4, -0.2) is 36.2 Å². The molecule has 1 aromatic carbocycles. The van der Waals surface area contributed by atoms with Crippen LogP contribution in [0.4, 0.5) is 18.0 Å². The van der Waals surface area contributed by atoms with E-state index in [1.54, 1.807) is 0 Å². The van der Waals surface area contributed by atoms with E-state index in [0.29, 0.717) is 5.75 Å². The molecule has 8 heteroatoms.